The van der Waals surface area contributed by atoms with Gasteiger partial charge in [0.2, 0.25) is 11.7 Å². The highest BCUT2D eigenvalue weighted by molar-refractivity contribution is 5.93. The van der Waals surface area contributed by atoms with Crippen LogP contribution in [0.2, 0.25) is 0 Å². The lowest BCUT2D eigenvalue weighted by atomic mass is 10.2. The number of piperazine rings is 1. The molecule has 2 amide bonds. The number of methoxy groups -OCH3 is 3. The van der Waals surface area contributed by atoms with Crippen LogP contribution < -0.4 is 19.5 Å². The van der Waals surface area contributed by atoms with Crippen LogP contribution in [-0.4, -0.2) is 81.5 Å². The standard InChI is InChI=1S/C20H31N3O6/c1-20(2,3)29-19(25)23-9-7-22(8-10-23)13-17(24)21-14-11-15(26-4)18(28-6)16(12-14)27-5/h11-12H,7-10,13H2,1-6H3,(H,21,24). The summed E-state index contributed by atoms with van der Waals surface area (Å²) < 4.78 is 21.3. The number of benzene rings is 1. The van der Waals surface area contributed by atoms with Crippen molar-refractivity contribution < 1.29 is 28.5 Å². The number of hydrogen-bond acceptors (Lipinski definition) is 7. The SMILES string of the molecule is COc1cc(NC(=O)CN2CCN(C(=O)OC(C)(C)C)CC2)cc(OC)c1OC. The minimum absolute atomic E-state index is 0.162. The van der Waals surface area contributed by atoms with Crippen molar-refractivity contribution in [3.8, 4) is 17.2 Å². The number of nitrogens with one attached hydrogen (secondary N) is 1. The number of carbonyl (C=O) groups excluding carboxylic acids is 2. The normalized spacial score (nSPS) is 14.9. The van der Waals surface area contributed by atoms with E-state index in [4.69, 9.17) is 18.9 Å². The first-order valence-electron chi connectivity index (χ1n) is 9.47. The number of ether oxygens (including phenoxy) is 4. The van der Waals surface area contributed by atoms with Crippen LogP contribution in [0.3, 0.4) is 0 Å². The summed E-state index contributed by atoms with van der Waals surface area (Å²) in [5.74, 6) is 1.23. The Bertz CT molecular complexity index is 698. The summed E-state index contributed by atoms with van der Waals surface area (Å²) in [5, 5.41) is 2.85. The lowest BCUT2D eigenvalue weighted by Gasteiger charge is -2.35. The average Bonchev–Trinajstić information content (AvgIpc) is 2.66. The van der Waals surface area contributed by atoms with Crippen LogP contribution in [0.5, 0.6) is 17.2 Å². The second kappa shape index (κ2) is 9.69. The molecule has 1 aliphatic rings. The second-order valence-electron chi connectivity index (χ2n) is 7.71. The Balaban J connectivity index is 1.90. The highest BCUT2D eigenvalue weighted by Gasteiger charge is 2.26. The number of nitrogens with zero attached hydrogens (tertiary/aromatic N) is 2. The van der Waals surface area contributed by atoms with E-state index in [9.17, 15) is 9.59 Å². The van der Waals surface area contributed by atoms with E-state index in [0.29, 0.717) is 49.1 Å². The molecular weight excluding hydrogens is 378 g/mol. The Morgan fingerprint density at radius 2 is 1.52 bits per heavy atom. The van der Waals surface area contributed by atoms with E-state index in [-0.39, 0.29) is 18.5 Å². The van der Waals surface area contributed by atoms with Gasteiger partial charge in [-0.2, -0.15) is 0 Å². The van der Waals surface area contributed by atoms with Crippen molar-refractivity contribution in [3.63, 3.8) is 0 Å². The fraction of sp³-hybridized carbons (Fsp3) is 0.600. The summed E-state index contributed by atoms with van der Waals surface area (Å²) in [4.78, 5) is 28.3. The Hall–Kier alpha value is -2.68. The number of amides is 2. The van der Waals surface area contributed by atoms with E-state index in [2.05, 4.69) is 5.32 Å². The third-order valence-electron chi connectivity index (χ3n) is 4.34. The topological polar surface area (TPSA) is 89.6 Å². The molecule has 9 heteroatoms. The predicted octanol–water partition coefficient (Wildman–Crippen LogP) is 2.20. The quantitative estimate of drug-likeness (QED) is 0.770. The third kappa shape index (κ3) is 6.42. The Morgan fingerprint density at radius 3 is 1.97 bits per heavy atom. The highest BCUT2D eigenvalue weighted by Crippen LogP contribution is 2.39. The van der Waals surface area contributed by atoms with E-state index in [1.165, 1.54) is 21.3 Å². The van der Waals surface area contributed by atoms with Gasteiger partial charge in [-0.15, -0.1) is 0 Å². The largest absolute Gasteiger partial charge is 0.493 e. The van der Waals surface area contributed by atoms with E-state index in [1.54, 1.807) is 17.0 Å². The summed E-state index contributed by atoms with van der Waals surface area (Å²) in [7, 11) is 4.57. The van der Waals surface area contributed by atoms with Crippen LogP contribution in [0.15, 0.2) is 12.1 Å². The monoisotopic (exact) mass is 409 g/mol. The van der Waals surface area contributed by atoms with Crippen molar-refractivity contribution in [1.29, 1.82) is 0 Å². The van der Waals surface area contributed by atoms with Crippen molar-refractivity contribution in [3.05, 3.63) is 12.1 Å². The van der Waals surface area contributed by atoms with Crippen molar-refractivity contribution in [2.45, 2.75) is 26.4 Å². The van der Waals surface area contributed by atoms with E-state index >= 15 is 0 Å². The van der Waals surface area contributed by atoms with Crippen LogP contribution in [0.4, 0.5) is 10.5 Å². The van der Waals surface area contributed by atoms with Gasteiger partial charge in [-0.25, -0.2) is 4.79 Å². The molecular formula is C20H31N3O6. The van der Waals surface area contributed by atoms with E-state index in [0.717, 1.165) is 0 Å². The molecule has 1 aliphatic heterocycles. The van der Waals surface area contributed by atoms with Gasteiger partial charge >= 0.3 is 6.09 Å². The van der Waals surface area contributed by atoms with Crippen LogP contribution in [0, 0.1) is 0 Å². The molecule has 1 N–H and O–H groups in total. The van der Waals surface area contributed by atoms with Gasteiger partial charge in [0.05, 0.1) is 27.9 Å². The van der Waals surface area contributed by atoms with Gasteiger partial charge < -0.3 is 29.2 Å². The van der Waals surface area contributed by atoms with Gasteiger partial charge in [-0.1, -0.05) is 0 Å². The Labute approximate surface area is 171 Å². The number of anilines is 1. The fourth-order valence-corrected chi connectivity index (χ4v) is 2.97. The van der Waals surface area contributed by atoms with Gasteiger partial charge in [0.1, 0.15) is 5.60 Å². The zero-order chi connectivity index (χ0) is 21.6. The molecule has 162 valence electrons. The maximum atomic E-state index is 12.5. The van der Waals surface area contributed by atoms with Crippen molar-refractivity contribution in [1.82, 2.24) is 9.80 Å². The minimum Gasteiger partial charge on any atom is -0.493 e. The third-order valence-corrected chi connectivity index (χ3v) is 4.34. The van der Waals surface area contributed by atoms with E-state index in [1.807, 2.05) is 25.7 Å². The van der Waals surface area contributed by atoms with Crippen molar-refractivity contribution >= 4 is 17.7 Å². The first-order valence-corrected chi connectivity index (χ1v) is 9.47. The first-order chi connectivity index (χ1) is 13.7. The molecule has 0 unspecified atom stereocenters. The molecule has 0 aromatic heterocycles. The lowest BCUT2D eigenvalue weighted by molar-refractivity contribution is -0.117. The van der Waals surface area contributed by atoms with Crippen LogP contribution in [-0.2, 0) is 9.53 Å². The molecule has 0 saturated carbocycles. The smallest absolute Gasteiger partial charge is 0.410 e. The zero-order valence-electron chi connectivity index (χ0n) is 18.0. The molecule has 29 heavy (non-hydrogen) atoms. The van der Waals surface area contributed by atoms with Crippen LogP contribution in [0.25, 0.3) is 0 Å². The molecule has 0 radical (unpaired) electrons. The van der Waals surface area contributed by atoms with Crippen molar-refractivity contribution in [2.24, 2.45) is 0 Å². The Kier molecular flexibility index (Phi) is 7.55. The molecule has 1 fully saturated rings. The predicted molar refractivity (Wildman–Crippen MR) is 109 cm³/mol. The summed E-state index contributed by atoms with van der Waals surface area (Å²) >= 11 is 0. The second-order valence-corrected chi connectivity index (χ2v) is 7.71. The minimum atomic E-state index is -0.519. The average molecular weight is 409 g/mol. The summed E-state index contributed by atoms with van der Waals surface area (Å²) in [6.07, 6.45) is -0.320. The summed E-state index contributed by atoms with van der Waals surface area (Å²) in [6, 6.07) is 3.36. The molecule has 1 heterocycles. The molecule has 2 rings (SSSR count). The fourth-order valence-electron chi connectivity index (χ4n) is 2.97. The maximum Gasteiger partial charge on any atom is 0.410 e. The van der Waals surface area contributed by atoms with E-state index < -0.39 is 5.60 Å². The van der Waals surface area contributed by atoms with Crippen LogP contribution in [0.1, 0.15) is 20.8 Å². The lowest BCUT2D eigenvalue weighted by Crippen LogP contribution is -2.51. The molecule has 1 saturated heterocycles. The van der Waals surface area contributed by atoms with Gasteiger partial charge in [0.25, 0.3) is 0 Å². The van der Waals surface area contributed by atoms with Gasteiger partial charge in [0.15, 0.2) is 11.5 Å². The van der Waals surface area contributed by atoms with Crippen LogP contribution >= 0.6 is 0 Å². The molecule has 0 spiro atoms. The molecule has 0 atom stereocenters. The summed E-state index contributed by atoms with van der Waals surface area (Å²) in [5.41, 5.74) is 0.0334. The number of rotatable bonds is 6. The highest BCUT2D eigenvalue weighted by atomic mass is 16.6. The van der Waals surface area contributed by atoms with Gasteiger partial charge in [0, 0.05) is 44.0 Å². The Morgan fingerprint density at radius 1 is 0.966 bits per heavy atom. The first kappa shape index (κ1) is 22.6. The molecule has 0 bridgehead atoms. The molecule has 1 aromatic rings. The molecule has 0 aliphatic carbocycles. The summed E-state index contributed by atoms with van der Waals surface area (Å²) in [6.45, 7) is 7.99. The maximum absolute atomic E-state index is 12.5. The van der Waals surface area contributed by atoms with Gasteiger partial charge in [-0.05, 0) is 20.8 Å². The number of hydrogen-bond donors (Lipinski definition) is 1. The van der Waals surface area contributed by atoms with Gasteiger partial charge in [-0.3, -0.25) is 9.69 Å². The zero-order valence-corrected chi connectivity index (χ0v) is 18.0. The molecule has 9 nitrogen and oxygen atoms in total. The number of carbonyl (C=O) groups is 2. The van der Waals surface area contributed by atoms with Crippen molar-refractivity contribution in [2.75, 3.05) is 59.4 Å². The molecule has 1 aromatic carbocycles.